The van der Waals surface area contributed by atoms with Crippen molar-refractivity contribution in [1.82, 2.24) is 4.98 Å². The molecular formula is C13H13ClFN3. The summed E-state index contributed by atoms with van der Waals surface area (Å²) in [6.07, 6.45) is 1.43. The molecule has 1 heterocycles. The Morgan fingerprint density at radius 2 is 2.17 bits per heavy atom. The summed E-state index contributed by atoms with van der Waals surface area (Å²) in [5.41, 5.74) is 7.38. The van der Waals surface area contributed by atoms with Crippen LogP contribution in [0.25, 0.3) is 0 Å². The van der Waals surface area contributed by atoms with Crippen LogP contribution < -0.4 is 10.6 Å². The molecular weight excluding hydrogens is 253 g/mol. The second kappa shape index (κ2) is 5.23. The third kappa shape index (κ3) is 2.90. The number of nitrogen functional groups attached to an aromatic ring is 1. The molecule has 18 heavy (non-hydrogen) atoms. The third-order valence-electron chi connectivity index (χ3n) is 2.52. The Balaban J connectivity index is 2.19. The molecule has 0 aliphatic rings. The lowest BCUT2D eigenvalue weighted by Gasteiger charge is -2.19. The number of pyridine rings is 1. The van der Waals surface area contributed by atoms with E-state index < -0.39 is 5.82 Å². The first-order valence-corrected chi connectivity index (χ1v) is 5.80. The van der Waals surface area contributed by atoms with E-state index in [1.165, 1.54) is 12.3 Å². The molecule has 2 aromatic rings. The Hall–Kier alpha value is -1.81. The summed E-state index contributed by atoms with van der Waals surface area (Å²) in [5, 5.41) is 0.286. The van der Waals surface area contributed by atoms with Crippen molar-refractivity contribution in [2.45, 2.75) is 6.54 Å². The van der Waals surface area contributed by atoms with Crippen LogP contribution >= 0.6 is 11.6 Å². The van der Waals surface area contributed by atoms with Crippen LogP contribution in [0.4, 0.5) is 15.9 Å². The largest absolute Gasteiger partial charge is 0.399 e. The van der Waals surface area contributed by atoms with Gasteiger partial charge in [0, 0.05) is 25.5 Å². The van der Waals surface area contributed by atoms with Crippen molar-refractivity contribution in [1.29, 1.82) is 0 Å². The first kappa shape index (κ1) is 12.6. The van der Waals surface area contributed by atoms with E-state index in [0.717, 1.165) is 5.56 Å². The fraction of sp³-hybridized carbons (Fsp3) is 0.154. The highest BCUT2D eigenvalue weighted by Crippen LogP contribution is 2.20. The number of halogens is 2. The van der Waals surface area contributed by atoms with Crippen molar-refractivity contribution in [3.63, 3.8) is 0 Å². The first-order chi connectivity index (χ1) is 8.56. The molecule has 0 unspecified atom stereocenters. The van der Waals surface area contributed by atoms with E-state index in [1.807, 2.05) is 24.3 Å². The van der Waals surface area contributed by atoms with Crippen LogP contribution in [0.1, 0.15) is 5.56 Å². The molecule has 0 saturated heterocycles. The fourth-order valence-corrected chi connectivity index (χ4v) is 1.87. The highest BCUT2D eigenvalue weighted by atomic mass is 35.5. The second-order valence-electron chi connectivity index (χ2n) is 4.06. The average Bonchev–Trinajstić information content (AvgIpc) is 2.28. The lowest BCUT2D eigenvalue weighted by atomic mass is 10.2. The minimum Gasteiger partial charge on any atom is -0.399 e. The van der Waals surface area contributed by atoms with Gasteiger partial charge in [-0.05, 0) is 23.8 Å². The fourth-order valence-electron chi connectivity index (χ4n) is 1.73. The molecule has 0 amide bonds. The second-order valence-corrected chi connectivity index (χ2v) is 4.50. The Morgan fingerprint density at radius 3 is 2.83 bits per heavy atom. The van der Waals surface area contributed by atoms with Crippen LogP contribution in [0.2, 0.25) is 5.02 Å². The first-order valence-electron chi connectivity index (χ1n) is 5.43. The summed E-state index contributed by atoms with van der Waals surface area (Å²) in [6.45, 7) is 0.524. The molecule has 0 saturated carbocycles. The molecule has 3 nitrogen and oxygen atoms in total. The highest BCUT2D eigenvalue weighted by Gasteiger charge is 2.10. The summed E-state index contributed by atoms with van der Waals surface area (Å²) in [6, 6.07) is 8.71. The predicted octanol–water partition coefficient (Wildman–Crippen LogP) is 3.09. The number of rotatable bonds is 3. The number of hydrogen-bond acceptors (Lipinski definition) is 3. The predicted molar refractivity (Wildman–Crippen MR) is 72.2 cm³/mol. The summed E-state index contributed by atoms with van der Waals surface area (Å²) < 4.78 is 13.7. The maximum atomic E-state index is 13.7. The van der Waals surface area contributed by atoms with E-state index in [1.54, 1.807) is 11.9 Å². The van der Waals surface area contributed by atoms with Crippen molar-refractivity contribution in [2.24, 2.45) is 0 Å². The molecule has 0 radical (unpaired) electrons. The minimum absolute atomic E-state index is 0.266. The molecule has 2 rings (SSSR count). The number of nitrogens with zero attached hydrogens (tertiary/aromatic N) is 2. The van der Waals surface area contributed by atoms with Gasteiger partial charge in [0.1, 0.15) is 0 Å². The number of nitrogens with two attached hydrogens (primary N) is 1. The van der Waals surface area contributed by atoms with Gasteiger partial charge in [0.05, 0.1) is 5.02 Å². The lowest BCUT2D eigenvalue weighted by Crippen LogP contribution is -2.19. The van der Waals surface area contributed by atoms with E-state index >= 15 is 0 Å². The van der Waals surface area contributed by atoms with Gasteiger partial charge in [-0.1, -0.05) is 23.7 Å². The van der Waals surface area contributed by atoms with Crippen molar-refractivity contribution in [2.75, 3.05) is 17.7 Å². The maximum absolute atomic E-state index is 13.7. The Labute approximate surface area is 110 Å². The van der Waals surface area contributed by atoms with Gasteiger partial charge in [-0.3, -0.25) is 0 Å². The monoisotopic (exact) mass is 265 g/mol. The van der Waals surface area contributed by atoms with E-state index in [2.05, 4.69) is 4.98 Å². The summed E-state index contributed by atoms with van der Waals surface area (Å²) in [7, 11) is 1.77. The zero-order valence-electron chi connectivity index (χ0n) is 9.90. The SMILES string of the molecule is CN(Cc1cccc(N)c1)c1ncc(Cl)cc1F. The molecule has 0 aliphatic heterocycles. The molecule has 5 heteroatoms. The maximum Gasteiger partial charge on any atom is 0.167 e. The van der Waals surface area contributed by atoms with Crippen LogP contribution in [-0.2, 0) is 6.54 Å². The molecule has 0 fully saturated rings. The van der Waals surface area contributed by atoms with Gasteiger partial charge in [-0.2, -0.15) is 0 Å². The van der Waals surface area contributed by atoms with E-state index in [9.17, 15) is 4.39 Å². The van der Waals surface area contributed by atoms with Gasteiger partial charge in [0.2, 0.25) is 0 Å². The zero-order valence-corrected chi connectivity index (χ0v) is 10.7. The van der Waals surface area contributed by atoms with Crippen molar-refractivity contribution < 1.29 is 4.39 Å². The van der Waals surface area contributed by atoms with Crippen molar-refractivity contribution in [3.05, 3.63) is 52.9 Å². The Bertz CT molecular complexity index is 560. The summed E-state index contributed by atoms with van der Waals surface area (Å²) >= 11 is 5.67. The van der Waals surface area contributed by atoms with E-state index in [0.29, 0.717) is 12.2 Å². The lowest BCUT2D eigenvalue weighted by molar-refractivity contribution is 0.615. The molecule has 1 aromatic carbocycles. The molecule has 94 valence electrons. The number of aromatic nitrogens is 1. The molecule has 0 bridgehead atoms. The molecule has 2 N–H and O–H groups in total. The smallest absolute Gasteiger partial charge is 0.167 e. The van der Waals surface area contributed by atoms with E-state index in [-0.39, 0.29) is 10.8 Å². The van der Waals surface area contributed by atoms with Gasteiger partial charge in [0.15, 0.2) is 11.6 Å². The number of hydrogen-bond donors (Lipinski definition) is 1. The van der Waals surface area contributed by atoms with Gasteiger partial charge in [-0.25, -0.2) is 9.37 Å². The van der Waals surface area contributed by atoms with Gasteiger partial charge in [0.25, 0.3) is 0 Å². The van der Waals surface area contributed by atoms with E-state index in [4.69, 9.17) is 17.3 Å². The summed E-state index contributed by atoms with van der Waals surface area (Å²) in [4.78, 5) is 5.69. The van der Waals surface area contributed by atoms with Gasteiger partial charge < -0.3 is 10.6 Å². The zero-order chi connectivity index (χ0) is 13.1. The number of benzene rings is 1. The molecule has 1 aromatic heterocycles. The normalized spacial score (nSPS) is 10.4. The Kier molecular flexibility index (Phi) is 3.67. The number of anilines is 2. The van der Waals surface area contributed by atoms with Crippen LogP contribution in [0.3, 0.4) is 0 Å². The van der Waals surface area contributed by atoms with Crippen LogP contribution in [-0.4, -0.2) is 12.0 Å². The Morgan fingerprint density at radius 1 is 1.39 bits per heavy atom. The molecule has 0 spiro atoms. The average molecular weight is 266 g/mol. The van der Waals surface area contributed by atoms with Crippen LogP contribution in [0, 0.1) is 5.82 Å². The topological polar surface area (TPSA) is 42.1 Å². The standard InChI is InChI=1S/C13H13ClFN3/c1-18(8-9-3-2-4-11(16)5-9)13-12(15)6-10(14)7-17-13/h2-7H,8,16H2,1H3. The van der Waals surface area contributed by atoms with Gasteiger partial charge >= 0.3 is 0 Å². The summed E-state index contributed by atoms with van der Waals surface area (Å²) in [5.74, 6) is -0.171. The minimum atomic E-state index is -0.436. The quantitative estimate of drug-likeness (QED) is 0.867. The van der Waals surface area contributed by atoms with Gasteiger partial charge in [-0.15, -0.1) is 0 Å². The molecule has 0 aliphatic carbocycles. The highest BCUT2D eigenvalue weighted by molar-refractivity contribution is 6.30. The van der Waals surface area contributed by atoms with Crippen LogP contribution in [0.5, 0.6) is 0 Å². The van der Waals surface area contributed by atoms with Crippen molar-refractivity contribution >= 4 is 23.1 Å². The van der Waals surface area contributed by atoms with Crippen molar-refractivity contribution in [3.8, 4) is 0 Å². The van der Waals surface area contributed by atoms with Crippen LogP contribution in [0.15, 0.2) is 36.5 Å². The third-order valence-corrected chi connectivity index (χ3v) is 2.73. The molecule has 0 atom stereocenters.